The Morgan fingerprint density at radius 2 is 1.58 bits per heavy atom. The molecular formula is C17H20FN. The summed E-state index contributed by atoms with van der Waals surface area (Å²) in [5.41, 5.74) is 5.39. The number of benzene rings is 2. The standard InChI is InChI=1S/C17H20FN/c1-11-7-12(2)9-15(8-11)14(4)19-16-5-6-17(18)13(3)10-16/h5-10,14,19H,1-4H3. The van der Waals surface area contributed by atoms with Gasteiger partial charge in [0.15, 0.2) is 0 Å². The fraction of sp³-hybridized carbons (Fsp3) is 0.294. The van der Waals surface area contributed by atoms with Gasteiger partial charge in [-0.3, -0.25) is 0 Å². The third kappa shape index (κ3) is 3.34. The minimum Gasteiger partial charge on any atom is -0.379 e. The van der Waals surface area contributed by atoms with E-state index in [1.807, 2.05) is 6.07 Å². The van der Waals surface area contributed by atoms with Crippen LogP contribution in [-0.4, -0.2) is 0 Å². The highest BCUT2D eigenvalue weighted by molar-refractivity contribution is 5.48. The van der Waals surface area contributed by atoms with Gasteiger partial charge in [0.25, 0.3) is 0 Å². The van der Waals surface area contributed by atoms with Crippen LogP contribution in [-0.2, 0) is 0 Å². The first-order chi connectivity index (χ1) is 8.95. The zero-order valence-electron chi connectivity index (χ0n) is 11.9. The Kier molecular flexibility index (Phi) is 3.89. The normalized spacial score (nSPS) is 12.3. The van der Waals surface area contributed by atoms with Gasteiger partial charge in [0.2, 0.25) is 0 Å². The van der Waals surface area contributed by atoms with Crippen LogP contribution in [0.1, 0.15) is 35.2 Å². The number of hydrogen-bond donors (Lipinski definition) is 1. The maximum absolute atomic E-state index is 13.2. The molecule has 0 bridgehead atoms. The minimum absolute atomic E-state index is 0.162. The van der Waals surface area contributed by atoms with E-state index < -0.39 is 0 Å². The third-order valence-corrected chi connectivity index (χ3v) is 3.29. The van der Waals surface area contributed by atoms with E-state index in [1.54, 1.807) is 13.0 Å². The molecule has 0 spiro atoms. The summed E-state index contributed by atoms with van der Waals surface area (Å²) in [4.78, 5) is 0. The first kappa shape index (κ1) is 13.6. The Labute approximate surface area is 114 Å². The van der Waals surface area contributed by atoms with Crippen LogP contribution in [0.2, 0.25) is 0 Å². The summed E-state index contributed by atoms with van der Waals surface area (Å²) < 4.78 is 13.2. The van der Waals surface area contributed by atoms with Crippen molar-refractivity contribution in [2.75, 3.05) is 5.32 Å². The molecule has 0 aliphatic rings. The monoisotopic (exact) mass is 257 g/mol. The molecule has 2 rings (SSSR count). The average molecular weight is 257 g/mol. The molecule has 0 amide bonds. The van der Waals surface area contributed by atoms with E-state index in [-0.39, 0.29) is 11.9 Å². The van der Waals surface area contributed by atoms with Gasteiger partial charge >= 0.3 is 0 Å². The Morgan fingerprint density at radius 3 is 2.16 bits per heavy atom. The van der Waals surface area contributed by atoms with Crippen molar-refractivity contribution < 1.29 is 4.39 Å². The van der Waals surface area contributed by atoms with Crippen LogP contribution in [0.3, 0.4) is 0 Å². The molecule has 1 atom stereocenters. The summed E-state index contributed by atoms with van der Waals surface area (Å²) in [7, 11) is 0. The van der Waals surface area contributed by atoms with Crippen LogP contribution in [0.5, 0.6) is 0 Å². The van der Waals surface area contributed by atoms with Crippen molar-refractivity contribution in [1.29, 1.82) is 0 Å². The fourth-order valence-electron chi connectivity index (χ4n) is 2.33. The highest BCUT2D eigenvalue weighted by Gasteiger charge is 2.07. The van der Waals surface area contributed by atoms with E-state index in [0.29, 0.717) is 5.56 Å². The molecular weight excluding hydrogens is 237 g/mol. The Hall–Kier alpha value is -1.83. The fourth-order valence-corrected chi connectivity index (χ4v) is 2.33. The summed E-state index contributed by atoms with van der Waals surface area (Å²) in [5.74, 6) is -0.162. The number of anilines is 1. The molecule has 0 fully saturated rings. The SMILES string of the molecule is Cc1cc(C)cc(C(C)Nc2ccc(F)c(C)c2)c1. The van der Waals surface area contributed by atoms with Gasteiger partial charge < -0.3 is 5.32 Å². The summed E-state index contributed by atoms with van der Waals surface area (Å²) in [5, 5.41) is 3.41. The summed E-state index contributed by atoms with van der Waals surface area (Å²) in [6.07, 6.45) is 0. The van der Waals surface area contributed by atoms with Gasteiger partial charge in [0.05, 0.1) is 0 Å². The van der Waals surface area contributed by atoms with E-state index in [0.717, 1.165) is 5.69 Å². The number of nitrogens with one attached hydrogen (secondary N) is 1. The van der Waals surface area contributed by atoms with E-state index in [1.165, 1.54) is 22.8 Å². The molecule has 0 radical (unpaired) electrons. The Bertz CT molecular complexity index is 570. The predicted octanol–water partition coefficient (Wildman–Crippen LogP) is 4.92. The maximum atomic E-state index is 13.2. The summed E-state index contributed by atoms with van der Waals surface area (Å²) >= 11 is 0. The molecule has 1 N–H and O–H groups in total. The van der Waals surface area contributed by atoms with Crippen LogP contribution in [0.15, 0.2) is 36.4 Å². The van der Waals surface area contributed by atoms with Crippen molar-refractivity contribution in [1.82, 2.24) is 0 Å². The molecule has 19 heavy (non-hydrogen) atoms. The topological polar surface area (TPSA) is 12.0 Å². The molecule has 2 aromatic rings. The van der Waals surface area contributed by atoms with E-state index in [9.17, 15) is 4.39 Å². The molecule has 2 aromatic carbocycles. The summed E-state index contributed by atoms with van der Waals surface area (Å²) in [6.45, 7) is 8.10. The largest absolute Gasteiger partial charge is 0.379 e. The van der Waals surface area contributed by atoms with Crippen LogP contribution in [0.25, 0.3) is 0 Å². The van der Waals surface area contributed by atoms with Gasteiger partial charge in [-0.25, -0.2) is 4.39 Å². The number of hydrogen-bond acceptors (Lipinski definition) is 1. The van der Waals surface area contributed by atoms with Gasteiger partial charge in [-0.2, -0.15) is 0 Å². The van der Waals surface area contributed by atoms with E-state index in [2.05, 4.69) is 44.3 Å². The highest BCUT2D eigenvalue weighted by Crippen LogP contribution is 2.22. The minimum atomic E-state index is -0.162. The lowest BCUT2D eigenvalue weighted by atomic mass is 10.0. The smallest absolute Gasteiger partial charge is 0.126 e. The molecule has 0 aliphatic carbocycles. The van der Waals surface area contributed by atoms with Crippen molar-refractivity contribution in [2.24, 2.45) is 0 Å². The van der Waals surface area contributed by atoms with E-state index in [4.69, 9.17) is 0 Å². The molecule has 1 unspecified atom stereocenters. The molecule has 0 aromatic heterocycles. The molecule has 0 saturated heterocycles. The first-order valence-electron chi connectivity index (χ1n) is 6.56. The Morgan fingerprint density at radius 1 is 0.947 bits per heavy atom. The number of halogens is 1. The van der Waals surface area contributed by atoms with Gasteiger partial charge in [-0.1, -0.05) is 29.3 Å². The molecule has 0 heterocycles. The molecule has 0 aliphatic heterocycles. The zero-order chi connectivity index (χ0) is 14.0. The first-order valence-corrected chi connectivity index (χ1v) is 6.56. The molecule has 0 saturated carbocycles. The predicted molar refractivity (Wildman–Crippen MR) is 79.1 cm³/mol. The van der Waals surface area contributed by atoms with Crippen LogP contribution >= 0.6 is 0 Å². The number of aryl methyl sites for hydroxylation is 3. The molecule has 1 nitrogen and oxygen atoms in total. The lowest BCUT2D eigenvalue weighted by Gasteiger charge is -2.17. The zero-order valence-corrected chi connectivity index (χ0v) is 11.9. The van der Waals surface area contributed by atoms with Crippen LogP contribution in [0.4, 0.5) is 10.1 Å². The van der Waals surface area contributed by atoms with Gasteiger partial charge in [-0.15, -0.1) is 0 Å². The molecule has 100 valence electrons. The number of rotatable bonds is 3. The van der Waals surface area contributed by atoms with Crippen LogP contribution < -0.4 is 5.32 Å². The van der Waals surface area contributed by atoms with Crippen molar-refractivity contribution in [2.45, 2.75) is 33.7 Å². The lowest BCUT2D eigenvalue weighted by Crippen LogP contribution is -2.07. The third-order valence-electron chi connectivity index (χ3n) is 3.29. The molecule has 2 heteroatoms. The van der Waals surface area contributed by atoms with Gasteiger partial charge in [0.1, 0.15) is 5.82 Å². The van der Waals surface area contributed by atoms with Gasteiger partial charge in [-0.05, 0) is 57.0 Å². The van der Waals surface area contributed by atoms with Crippen molar-refractivity contribution in [3.8, 4) is 0 Å². The van der Waals surface area contributed by atoms with E-state index >= 15 is 0 Å². The summed E-state index contributed by atoms with van der Waals surface area (Å²) in [6, 6.07) is 11.9. The second-order valence-corrected chi connectivity index (χ2v) is 5.25. The van der Waals surface area contributed by atoms with Crippen LogP contribution in [0, 0.1) is 26.6 Å². The van der Waals surface area contributed by atoms with Crippen molar-refractivity contribution >= 4 is 5.69 Å². The van der Waals surface area contributed by atoms with Crippen molar-refractivity contribution in [3.05, 3.63) is 64.5 Å². The Balaban J connectivity index is 2.20. The second kappa shape index (κ2) is 5.43. The quantitative estimate of drug-likeness (QED) is 0.822. The van der Waals surface area contributed by atoms with Crippen molar-refractivity contribution in [3.63, 3.8) is 0 Å². The van der Waals surface area contributed by atoms with Gasteiger partial charge in [0, 0.05) is 11.7 Å². The maximum Gasteiger partial charge on any atom is 0.126 e. The average Bonchev–Trinajstić information content (AvgIpc) is 2.32. The highest BCUT2D eigenvalue weighted by atomic mass is 19.1. The second-order valence-electron chi connectivity index (χ2n) is 5.25. The lowest BCUT2D eigenvalue weighted by molar-refractivity contribution is 0.618.